The Morgan fingerprint density at radius 1 is 1.32 bits per heavy atom. The summed E-state index contributed by atoms with van der Waals surface area (Å²) in [5, 5.41) is 3.98. The Labute approximate surface area is 112 Å². The van der Waals surface area contributed by atoms with Gasteiger partial charge in [0, 0.05) is 19.6 Å². The predicted molar refractivity (Wildman–Crippen MR) is 71.6 cm³/mol. The molecule has 1 heterocycles. The van der Waals surface area contributed by atoms with Crippen LogP contribution in [0.1, 0.15) is 36.7 Å². The number of hydrogen-bond donors (Lipinski definition) is 1. The summed E-state index contributed by atoms with van der Waals surface area (Å²) in [7, 11) is 1.63. The fourth-order valence-corrected chi connectivity index (χ4v) is 1.84. The van der Waals surface area contributed by atoms with Crippen molar-refractivity contribution in [2.75, 3.05) is 7.11 Å². The fourth-order valence-electron chi connectivity index (χ4n) is 1.84. The molecule has 19 heavy (non-hydrogen) atoms. The molecule has 0 saturated carbocycles. The van der Waals surface area contributed by atoms with Gasteiger partial charge in [-0.15, -0.1) is 0 Å². The summed E-state index contributed by atoms with van der Waals surface area (Å²) in [6, 6.07) is 9.86. The highest BCUT2D eigenvalue weighted by atomic mass is 16.5. The van der Waals surface area contributed by atoms with Gasteiger partial charge in [-0.05, 0) is 12.0 Å². The van der Waals surface area contributed by atoms with Gasteiger partial charge in [0.15, 0.2) is 0 Å². The van der Waals surface area contributed by atoms with Gasteiger partial charge in [-0.2, -0.15) is 4.98 Å². The number of aromatic nitrogens is 2. The molecule has 1 aromatic carbocycles. The van der Waals surface area contributed by atoms with Crippen LogP contribution in [-0.2, 0) is 11.2 Å². The van der Waals surface area contributed by atoms with E-state index in [1.165, 1.54) is 0 Å². The molecule has 0 amide bonds. The van der Waals surface area contributed by atoms with Gasteiger partial charge in [-0.1, -0.05) is 42.4 Å². The van der Waals surface area contributed by atoms with Crippen LogP contribution < -0.4 is 5.73 Å². The molecule has 0 spiro atoms. The number of benzene rings is 1. The average Bonchev–Trinajstić information content (AvgIpc) is 2.89. The number of ether oxygens (including phenoxy) is 1. The molecule has 0 radical (unpaired) electrons. The van der Waals surface area contributed by atoms with E-state index in [-0.39, 0.29) is 12.1 Å². The first-order chi connectivity index (χ1) is 9.24. The van der Waals surface area contributed by atoms with E-state index in [2.05, 4.69) is 10.1 Å². The van der Waals surface area contributed by atoms with Crippen molar-refractivity contribution in [2.45, 2.75) is 31.9 Å². The van der Waals surface area contributed by atoms with Crippen LogP contribution in [0.5, 0.6) is 0 Å². The Hall–Kier alpha value is -1.72. The molecule has 5 heteroatoms. The van der Waals surface area contributed by atoms with Crippen LogP contribution in [0.15, 0.2) is 34.9 Å². The fraction of sp³-hybridized carbons (Fsp3) is 0.429. The second-order valence-corrected chi connectivity index (χ2v) is 4.45. The minimum absolute atomic E-state index is 0.0472. The van der Waals surface area contributed by atoms with Crippen LogP contribution in [-0.4, -0.2) is 23.3 Å². The summed E-state index contributed by atoms with van der Waals surface area (Å²) < 4.78 is 10.7. The van der Waals surface area contributed by atoms with Crippen molar-refractivity contribution in [1.29, 1.82) is 0 Å². The van der Waals surface area contributed by atoms with E-state index in [9.17, 15) is 0 Å². The van der Waals surface area contributed by atoms with Gasteiger partial charge in [-0.3, -0.25) is 0 Å². The lowest BCUT2D eigenvalue weighted by molar-refractivity contribution is 0.126. The zero-order valence-corrected chi connectivity index (χ0v) is 11.2. The van der Waals surface area contributed by atoms with E-state index < -0.39 is 0 Å². The monoisotopic (exact) mass is 261 g/mol. The van der Waals surface area contributed by atoms with E-state index in [1.54, 1.807) is 7.11 Å². The Bertz CT molecular complexity index is 498. The molecule has 0 saturated heterocycles. The van der Waals surface area contributed by atoms with Crippen molar-refractivity contribution in [3.63, 3.8) is 0 Å². The van der Waals surface area contributed by atoms with Crippen molar-refractivity contribution < 1.29 is 9.26 Å². The van der Waals surface area contributed by atoms with Crippen LogP contribution >= 0.6 is 0 Å². The largest absolute Gasteiger partial charge is 0.369 e. The van der Waals surface area contributed by atoms with E-state index in [0.717, 1.165) is 12.0 Å². The lowest BCUT2D eigenvalue weighted by Gasteiger charge is -2.10. The van der Waals surface area contributed by atoms with Crippen LogP contribution in [0.2, 0.25) is 0 Å². The first-order valence-corrected chi connectivity index (χ1v) is 6.40. The number of nitrogens with two attached hydrogens (primary N) is 1. The summed E-state index contributed by atoms with van der Waals surface area (Å²) in [5.74, 6) is 1.09. The Morgan fingerprint density at radius 3 is 2.68 bits per heavy atom. The zero-order chi connectivity index (χ0) is 13.7. The third kappa shape index (κ3) is 3.39. The zero-order valence-electron chi connectivity index (χ0n) is 11.2. The van der Waals surface area contributed by atoms with Gasteiger partial charge < -0.3 is 15.0 Å². The second kappa shape index (κ2) is 6.45. The van der Waals surface area contributed by atoms with Gasteiger partial charge in [0.05, 0.1) is 0 Å². The molecule has 2 rings (SSSR count). The summed E-state index contributed by atoms with van der Waals surface area (Å²) in [5.41, 5.74) is 6.87. The van der Waals surface area contributed by atoms with E-state index in [4.69, 9.17) is 15.0 Å². The highest BCUT2D eigenvalue weighted by Gasteiger charge is 2.20. The average molecular weight is 261 g/mol. The summed E-state index contributed by atoms with van der Waals surface area (Å²) in [6.07, 6.45) is 1.16. The first kappa shape index (κ1) is 13.7. The smallest absolute Gasteiger partial charge is 0.228 e. The predicted octanol–water partition coefficient (Wildman–Crippen LogP) is 2.09. The molecule has 5 nitrogen and oxygen atoms in total. The third-order valence-electron chi connectivity index (χ3n) is 3.02. The highest BCUT2D eigenvalue weighted by Crippen LogP contribution is 2.22. The molecular weight excluding hydrogens is 242 g/mol. The minimum atomic E-state index is -0.309. The van der Waals surface area contributed by atoms with Gasteiger partial charge in [0.25, 0.3) is 0 Å². The molecule has 0 aliphatic rings. The van der Waals surface area contributed by atoms with Crippen molar-refractivity contribution in [3.05, 3.63) is 47.6 Å². The second-order valence-electron chi connectivity index (χ2n) is 4.45. The maximum atomic E-state index is 5.87. The first-order valence-electron chi connectivity index (χ1n) is 6.40. The maximum Gasteiger partial charge on any atom is 0.228 e. The normalized spacial score (nSPS) is 14.3. The molecule has 0 aliphatic carbocycles. The van der Waals surface area contributed by atoms with Gasteiger partial charge in [0.2, 0.25) is 11.7 Å². The summed E-state index contributed by atoms with van der Waals surface area (Å²) in [6.45, 7) is 2.03. The molecular formula is C14H19N3O2. The highest BCUT2D eigenvalue weighted by molar-refractivity contribution is 5.22. The van der Waals surface area contributed by atoms with Gasteiger partial charge >= 0.3 is 0 Å². The Morgan fingerprint density at radius 2 is 2.05 bits per heavy atom. The minimum Gasteiger partial charge on any atom is -0.369 e. The van der Waals surface area contributed by atoms with Crippen LogP contribution in [0, 0.1) is 0 Å². The summed E-state index contributed by atoms with van der Waals surface area (Å²) >= 11 is 0. The summed E-state index contributed by atoms with van der Waals surface area (Å²) in [4.78, 5) is 4.36. The number of nitrogens with zero attached hydrogens (tertiary/aromatic N) is 2. The molecule has 2 N–H and O–H groups in total. The van der Waals surface area contributed by atoms with Gasteiger partial charge in [0.1, 0.15) is 6.10 Å². The molecule has 1 aromatic heterocycles. The molecule has 2 atom stereocenters. The van der Waals surface area contributed by atoms with Crippen molar-refractivity contribution in [3.8, 4) is 0 Å². The lowest BCUT2D eigenvalue weighted by Crippen LogP contribution is -2.21. The van der Waals surface area contributed by atoms with Gasteiger partial charge in [-0.25, -0.2) is 0 Å². The van der Waals surface area contributed by atoms with E-state index >= 15 is 0 Å². The van der Waals surface area contributed by atoms with E-state index in [0.29, 0.717) is 18.1 Å². The molecule has 0 bridgehead atoms. The maximum absolute atomic E-state index is 5.87. The van der Waals surface area contributed by atoms with Crippen molar-refractivity contribution in [2.24, 2.45) is 5.73 Å². The molecule has 0 fully saturated rings. The van der Waals surface area contributed by atoms with Crippen LogP contribution in [0.25, 0.3) is 0 Å². The molecule has 2 unspecified atom stereocenters. The third-order valence-corrected chi connectivity index (χ3v) is 3.02. The topological polar surface area (TPSA) is 74.2 Å². The number of hydrogen-bond acceptors (Lipinski definition) is 5. The molecule has 0 aliphatic heterocycles. The molecule has 2 aromatic rings. The quantitative estimate of drug-likeness (QED) is 0.861. The molecule has 102 valence electrons. The lowest BCUT2D eigenvalue weighted by atomic mass is 10.1. The standard InChI is InChI=1S/C14H19N3O2/c1-3-11(15)9-12-16-14(17-19-12)13(18-2)10-7-5-4-6-8-10/h4-8,11,13H,3,9,15H2,1-2H3. The van der Waals surface area contributed by atoms with Crippen molar-refractivity contribution in [1.82, 2.24) is 10.1 Å². The van der Waals surface area contributed by atoms with Crippen LogP contribution in [0.3, 0.4) is 0 Å². The SMILES string of the molecule is CCC(N)Cc1nc(C(OC)c2ccccc2)no1. The van der Waals surface area contributed by atoms with Crippen LogP contribution in [0.4, 0.5) is 0 Å². The Kier molecular flexibility index (Phi) is 4.65. The number of rotatable bonds is 6. The van der Waals surface area contributed by atoms with E-state index in [1.807, 2.05) is 37.3 Å². The number of methoxy groups -OCH3 is 1. The van der Waals surface area contributed by atoms with Crippen molar-refractivity contribution >= 4 is 0 Å². The Balaban J connectivity index is 2.16.